The lowest BCUT2D eigenvalue weighted by Gasteiger charge is -2.53. The van der Waals surface area contributed by atoms with Gasteiger partial charge in [0.25, 0.3) is 17.4 Å². The van der Waals surface area contributed by atoms with Gasteiger partial charge in [-0.3, -0.25) is 4.79 Å². The summed E-state index contributed by atoms with van der Waals surface area (Å²) < 4.78 is 108. The first kappa shape index (κ1) is 63.0. The number of ketones is 1. The van der Waals surface area contributed by atoms with Crippen LogP contribution in [-0.2, 0) is 90.1 Å². The third-order valence-corrected chi connectivity index (χ3v) is 10.0. The van der Waals surface area contributed by atoms with E-state index < -0.39 is 28.6 Å². The Labute approximate surface area is 385 Å². The predicted octanol–water partition coefficient (Wildman–Crippen LogP) is 3.92. The quantitative estimate of drug-likeness (QED) is 0.0631. The molecule has 384 valence electrons. The van der Waals surface area contributed by atoms with Gasteiger partial charge in [-0.1, -0.05) is 39.5 Å². The van der Waals surface area contributed by atoms with Crippen LogP contribution in [0.5, 0.6) is 0 Å². The van der Waals surface area contributed by atoms with Crippen molar-refractivity contribution in [1.82, 2.24) is 0 Å². The minimum absolute atomic E-state index is 0.0815. The van der Waals surface area contributed by atoms with E-state index in [4.69, 9.17) is 85.3 Å². The second-order valence-corrected chi connectivity index (χ2v) is 15.0. The van der Waals surface area contributed by atoms with Crippen LogP contribution in [0.4, 0.5) is 0 Å². The summed E-state index contributed by atoms with van der Waals surface area (Å²) in [4.78, 5) is 16.7. The largest absolute Gasteiger partial charge is 0.382 e. The molecular weight excluding hydrogens is 844 g/mol. The van der Waals surface area contributed by atoms with Crippen molar-refractivity contribution in [2.45, 2.75) is 89.0 Å². The van der Waals surface area contributed by atoms with E-state index in [1.807, 2.05) is 13.8 Å². The zero-order valence-electron chi connectivity index (χ0n) is 41.5. The minimum atomic E-state index is -2.25. The van der Waals surface area contributed by atoms with Crippen LogP contribution in [0.15, 0.2) is 0 Å². The molecule has 19 nitrogen and oxygen atoms in total. The first-order chi connectivity index (χ1) is 31.1. The Morgan fingerprint density at radius 2 is 0.516 bits per heavy atom. The molecule has 0 fully saturated rings. The standard InChI is InChI=1S/C45H90O19/c1-11-13-15-42(3,59-35-29-53-23-17-47-5)44(61-37-31-55-25-19-49-7,62-38-32-56-26-20-50-8)41(46)45(63-39-33-57-27-21-51-9,64-40-34-58-28-22-52-10)43(4,16-14-12-2)60-36-30-54-24-18-48-6/h11-40H2,1-10H3. The molecule has 0 saturated heterocycles. The van der Waals surface area contributed by atoms with Gasteiger partial charge in [0, 0.05) is 42.7 Å². The van der Waals surface area contributed by atoms with Crippen molar-refractivity contribution in [2.24, 2.45) is 0 Å². The molecule has 0 heterocycles. The number of hydrogen-bond acceptors (Lipinski definition) is 19. The van der Waals surface area contributed by atoms with Crippen LogP contribution >= 0.6 is 0 Å². The SMILES string of the molecule is CCCCC(C)(OCCOCCOC)C(OCCOCCOC)(OCCOCCOC)C(=O)C(OCCOCCOC)(OCCOCCOC)C(C)(CCCC)OCCOCCOC. The number of unbranched alkanes of at least 4 members (excludes halogenated alkanes) is 2. The molecule has 0 aromatic carbocycles. The maximum Gasteiger partial charge on any atom is 0.264 e. The van der Waals surface area contributed by atoms with E-state index in [0.717, 1.165) is 12.8 Å². The van der Waals surface area contributed by atoms with Crippen molar-refractivity contribution in [3.63, 3.8) is 0 Å². The Bertz CT molecular complexity index is 921. The molecule has 64 heavy (non-hydrogen) atoms. The van der Waals surface area contributed by atoms with Gasteiger partial charge in [-0.2, -0.15) is 0 Å². The average molecular weight is 935 g/mol. The molecule has 0 saturated carbocycles. The maximum absolute atomic E-state index is 16.7. The number of ether oxygens (including phenoxy) is 18. The Kier molecular flexibility index (Phi) is 41.4. The zero-order chi connectivity index (χ0) is 47.5. The number of Topliss-reactive ketones (excluding diaryl/α,β-unsaturated/α-hetero) is 1. The maximum atomic E-state index is 16.7. The van der Waals surface area contributed by atoms with Crippen LogP contribution < -0.4 is 0 Å². The summed E-state index contributed by atoms with van der Waals surface area (Å²) >= 11 is 0. The van der Waals surface area contributed by atoms with Crippen molar-refractivity contribution in [1.29, 1.82) is 0 Å². The fraction of sp³-hybridized carbons (Fsp3) is 0.978. The fourth-order valence-corrected chi connectivity index (χ4v) is 6.44. The number of rotatable bonds is 52. The zero-order valence-corrected chi connectivity index (χ0v) is 41.5. The Morgan fingerprint density at radius 1 is 0.312 bits per heavy atom. The van der Waals surface area contributed by atoms with Gasteiger partial charge in [-0.25, -0.2) is 0 Å². The molecule has 0 aliphatic rings. The minimum Gasteiger partial charge on any atom is -0.382 e. The summed E-state index contributed by atoms with van der Waals surface area (Å²) in [6.45, 7) is 12.5. The lowest BCUT2D eigenvalue weighted by molar-refractivity contribution is -0.359. The Balaban J connectivity index is 8.12. The van der Waals surface area contributed by atoms with E-state index in [9.17, 15) is 0 Å². The third-order valence-electron chi connectivity index (χ3n) is 10.0. The van der Waals surface area contributed by atoms with Gasteiger partial charge in [0.15, 0.2) is 0 Å². The van der Waals surface area contributed by atoms with E-state index in [-0.39, 0.29) is 79.3 Å². The number of carbonyl (C=O) groups is 1. The predicted molar refractivity (Wildman–Crippen MR) is 238 cm³/mol. The summed E-state index contributed by atoms with van der Waals surface area (Å²) in [5.41, 5.74) is -3.00. The lowest BCUT2D eigenvalue weighted by atomic mass is 9.76. The molecule has 2 atom stereocenters. The normalized spacial score (nSPS) is 14.3. The van der Waals surface area contributed by atoms with E-state index in [1.54, 1.807) is 42.7 Å². The van der Waals surface area contributed by atoms with Crippen molar-refractivity contribution in [3.05, 3.63) is 0 Å². The second kappa shape index (κ2) is 42.1. The third kappa shape index (κ3) is 25.4. The van der Waals surface area contributed by atoms with Crippen molar-refractivity contribution < 1.29 is 90.1 Å². The van der Waals surface area contributed by atoms with Crippen LogP contribution in [0.25, 0.3) is 0 Å². The van der Waals surface area contributed by atoms with Crippen molar-refractivity contribution in [2.75, 3.05) is 201 Å². The summed E-state index contributed by atoms with van der Waals surface area (Å²) in [6.07, 6.45) is 3.44. The molecule has 0 N–H and O–H groups in total. The molecule has 0 aliphatic heterocycles. The molecule has 0 spiro atoms. The van der Waals surface area contributed by atoms with Gasteiger partial charge in [-0.15, -0.1) is 0 Å². The summed E-state index contributed by atoms with van der Waals surface area (Å²) in [5.74, 6) is -5.21. The smallest absolute Gasteiger partial charge is 0.264 e. The van der Waals surface area contributed by atoms with Gasteiger partial charge in [-0.05, 0) is 26.7 Å². The van der Waals surface area contributed by atoms with Gasteiger partial charge in [0.05, 0.1) is 159 Å². The molecule has 0 bridgehead atoms. The van der Waals surface area contributed by atoms with Crippen molar-refractivity contribution >= 4 is 5.78 Å². The van der Waals surface area contributed by atoms with E-state index in [1.165, 1.54) is 0 Å². The Morgan fingerprint density at radius 3 is 0.719 bits per heavy atom. The first-order valence-electron chi connectivity index (χ1n) is 22.9. The van der Waals surface area contributed by atoms with Gasteiger partial charge >= 0.3 is 0 Å². The van der Waals surface area contributed by atoms with Crippen molar-refractivity contribution in [3.8, 4) is 0 Å². The van der Waals surface area contributed by atoms with Crippen LogP contribution in [0, 0.1) is 0 Å². The molecule has 19 heteroatoms. The van der Waals surface area contributed by atoms with Gasteiger partial charge in [0.2, 0.25) is 0 Å². The van der Waals surface area contributed by atoms with Crippen LogP contribution in [0.3, 0.4) is 0 Å². The molecule has 0 aliphatic carbocycles. The number of carbonyl (C=O) groups excluding carboxylic acids is 1. The summed E-state index contributed by atoms with van der Waals surface area (Å²) in [6, 6.07) is 0. The van der Waals surface area contributed by atoms with Crippen LogP contribution in [0.2, 0.25) is 0 Å². The van der Waals surface area contributed by atoms with Gasteiger partial charge in [0.1, 0.15) is 11.2 Å². The highest BCUT2D eigenvalue weighted by Gasteiger charge is 2.69. The van der Waals surface area contributed by atoms with Crippen LogP contribution in [-0.4, -0.2) is 230 Å². The molecule has 0 amide bonds. The van der Waals surface area contributed by atoms with Gasteiger partial charge < -0.3 is 85.3 Å². The molecular formula is C45H90O19. The molecule has 2 unspecified atom stereocenters. The molecule has 0 radical (unpaired) electrons. The highest BCUT2D eigenvalue weighted by molar-refractivity contribution is 5.95. The number of methoxy groups -OCH3 is 6. The monoisotopic (exact) mass is 935 g/mol. The van der Waals surface area contributed by atoms with E-state index in [0.29, 0.717) is 105 Å². The highest BCUT2D eigenvalue weighted by atomic mass is 16.8. The van der Waals surface area contributed by atoms with Crippen LogP contribution in [0.1, 0.15) is 66.2 Å². The summed E-state index contributed by atoms with van der Waals surface area (Å²) in [5, 5.41) is 0. The second-order valence-electron chi connectivity index (χ2n) is 15.0. The average Bonchev–Trinajstić information content (AvgIpc) is 3.30. The molecule has 0 rings (SSSR count). The lowest BCUT2D eigenvalue weighted by Crippen LogP contribution is -2.74. The summed E-state index contributed by atoms with van der Waals surface area (Å²) in [7, 11) is 9.58. The topological polar surface area (TPSA) is 183 Å². The first-order valence-corrected chi connectivity index (χ1v) is 22.9. The highest BCUT2D eigenvalue weighted by Crippen LogP contribution is 2.46. The fourth-order valence-electron chi connectivity index (χ4n) is 6.44. The van der Waals surface area contributed by atoms with E-state index >= 15 is 4.79 Å². The molecule has 0 aromatic heterocycles. The Hall–Kier alpha value is -1.05. The number of hydrogen-bond donors (Lipinski definition) is 0. The van der Waals surface area contributed by atoms with E-state index in [2.05, 4.69) is 13.8 Å². The molecule has 0 aromatic rings.